The van der Waals surface area contributed by atoms with E-state index in [0.29, 0.717) is 0 Å². The minimum Gasteiger partial charge on any atom is -0.318 e. The smallest absolute Gasteiger partial charge is 0.318 e. The van der Waals surface area contributed by atoms with Gasteiger partial charge in [0.05, 0.1) is 6.42 Å². The van der Waals surface area contributed by atoms with Crippen molar-refractivity contribution in [1.82, 2.24) is 0 Å². The lowest BCUT2D eigenvalue weighted by Gasteiger charge is -2.12. The maximum Gasteiger partial charge on any atom is 0.372 e. The summed E-state index contributed by atoms with van der Waals surface area (Å²) in [6.07, 6.45) is 0.212. The van der Waals surface area contributed by atoms with Crippen LogP contribution in [0.3, 0.4) is 0 Å². The van der Waals surface area contributed by atoms with Gasteiger partial charge in [-0.2, -0.15) is 0 Å². The van der Waals surface area contributed by atoms with Crippen molar-refractivity contribution in [2.24, 2.45) is 17.6 Å². The molecule has 0 aromatic heterocycles. The molecule has 15 heavy (non-hydrogen) atoms. The van der Waals surface area contributed by atoms with E-state index in [2.05, 4.69) is 9.78 Å². The largest absolute Gasteiger partial charge is 0.372 e. The summed E-state index contributed by atoms with van der Waals surface area (Å²) in [5, 5.41) is 0. The molecule has 5 nitrogen and oxygen atoms in total. The van der Waals surface area contributed by atoms with Gasteiger partial charge in [0.25, 0.3) is 0 Å². The second-order valence-electron chi connectivity index (χ2n) is 4.23. The Balaban J connectivity index is 3.85. The molecule has 0 saturated heterocycles. The third-order valence-electron chi connectivity index (χ3n) is 1.78. The number of nitrogens with two attached hydrogens (primary N) is 1. The summed E-state index contributed by atoms with van der Waals surface area (Å²) in [5.41, 5.74) is 5.48. The van der Waals surface area contributed by atoms with Crippen molar-refractivity contribution >= 4 is 11.9 Å². The molecule has 0 aliphatic carbocycles. The summed E-state index contributed by atoms with van der Waals surface area (Å²) in [7, 11) is 0. The zero-order valence-electron chi connectivity index (χ0n) is 9.65. The minimum absolute atomic E-state index is 0.0544. The Hall–Kier alpha value is -1.10. The second-order valence-corrected chi connectivity index (χ2v) is 4.23. The van der Waals surface area contributed by atoms with E-state index < -0.39 is 18.0 Å². The SMILES string of the molecule is CC(C)CC(=O)OOC(=O)[C@@H](N)C(C)C. The van der Waals surface area contributed by atoms with Crippen LogP contribution in [0.2, 0.25) is 0 Å². The van der Waals surface area contributed by atoms with E-state index in [-0.39, 0.29) is 18.3 Å². The van der Waals surface area contributed by atoms with Crippen LogP contribution in [-0.4, -0.2) is 18.0 Å². The molecule has 0 aromatic carbocycles. The van der Waals surface area contributed by atoms with Crippen molar-refractivity contribution in [3.8, 4) is 0 Å². The average molecular weight is 217 g/mol. The molecule has 0 aromatic rings. The zero-order chi connectivity index (χ0) is 12.0. The molecule has 88 valence electrons. The van der Waals surface area contributed by atoms with Crippen LogP contribution in [0.1, 0.15) is 34.1 Å². The summed E-state index contributed by atoms with van der Waals surface area (Å²) in [6.45, 7) is 7.29. The van der Waals surface area contributed by atoms with Crippen LogP contribution in [-0.2, 0) is 19.4 Å². The van der Waals surface area contributed by atoms with Gasteiger partial charge < -0.3 is 5.73 Å². The van der Waals surface area contributed by atoms with Crippen molar-refractivity contribution in [1.29, 1.82) is 0 Å². The molecule has 0 rings (SSSR count). The number of hydrogen-bond donors (Lipinski definition) is 1. The van der Waals surface area contributed by atoms with Crippen LogP contribution in [0.15, 0.2) is 0 Å². The first-order valence-corrected chi connectivity index (χ1v) is 5.01. The Morgan fingerprint density at radius 3 is 2.07 bits per heavy atom. The van der Waals surface area contributed by atoms with E-state index in [1.165, 1.54) is 0 Å². The molecule has 0 heterocycles. The highest BCUT2D eigenvalue weighted by atomic mass is 17.2. The van der Waals surface area contributed by atoms with E-state index in [0.717, 1.165) is 0 Å². The van der Waals surface area contributed by atoms with Gasteiger partial charge in [0, 0.05) is 0 Å². The Bertz CT molecular complexity index is 225. The number of hydrogen-bond acceptors (Lipinski definition) is 5. The van der Waals surface area contributed by atoms with Gasteiger partial charge in [0.1, 0.15) is 6.04 Å². The van der Waals surface area contributed by atoms with Crippen LogP contribution in [0.5, 0.6) is 0 Å². The molecule has 0 unspecified atom stereocenters. The van der Waals surface area contributed by atoms with Crippen LogP contribution in [0, 0.1) is 11.8 Å². The fraction of sp³-hybridized carbons (Fsp3) is 0.800. The molecule has 0 spiro atoms. The molecule has 5 heteroatoms. The molecule has 0 radical (unpaired) electrons. The predicted molar refractivity (Wildman–Crippen MR) is 54.5 cm³/mol. The normalized spacial score (nSPS) is 12.7. The second kappa shape index (κ2) is 6.40. The van der Waals surface area contributed by atoms with Gasteiger partial charge >= 0.3 is 11.9 Å². The molecule has 2 N–H and O–H groups in total. The first kappa shape index (κ1) is 13.9. The summed E-state index contributed by atoms with van der Waals surface area (Å²) in [6, 6.07) is -0.767. The molecule has 0 amide bonds. The van der Waals surface area contributed by atoms with E-state index in [9.17, 15) is 9.59 Å². The summed E-state index contributed by atoms with van der Waals surface area (Å²) < 4.78 is 0. The maximum absolute atomic E-state index is 11.2. The standard InChI is InChI=1S/C10H19NO4/c1-6(2)5-8(12)14-15-10(13)9(11)7(3)4/h6-7,9H,5,11H2,1-4H3/t9-/m0/s1. The van der Waals surface area contributed by atoms with Gasteiger partial charge in [-0.25, -0.2) is 19.4 Å². The van der Waals surface area contributed by atoms with Crippen molar-refractivity contribution in [3.05, 3.63) is 0 Å². The van der Waals surface area contributed by atoms with Crippen molar-refractivity contribution < 1.29 is 19.4 Å². The molecule has 0 bridgehead atoms. The minimum atomic E-state index is -0.767. The fourth-order valence-corrected chi connectivity index (χ4v) is 0.783. The van der Waals surface area contributed by atoms with E-state index in [1.54, 1.807) is 13.8 Å². The number of carbonyl (C=O) groups is 2. The van der Waals surface area contributed by atoms with Crippen LogP contribution in [0.25, 0.3) is 0 Å². The zero-order valence-corrected chi connectivity index (χ0v) is 9.65. The van der Waals surface area contributed by atoms with Crippen molar-refractivity contribution in [3.63, 3.8) is 0 Å². The maximum atomic E-state index is 11.2. The molecule has 0 saturated carbocycles. The lowest BCUT2D eigenvalue weighted by molar-refractivity contribution is -0.261. The van der Waals surface area contributed by atoms with Gasteiger partial charge in [0.2, 0.25) is 0 Å². The highest BCUT2D eigenvalue weighted by Gasteiger charge is 2.21. The number of carbonyl (C=O) groups excluding carboxylic acids is 2. The van der Waals surface area contributed by atoms with Crippen molar-refractivity contribution in [2.45, 2.75) is 40.2 Å². The highest BCUT2D eigenvalue weighted by Crippen LogP contribution is 2.04. The third kappa shape index (κ3) is 6.06. The summed E-state index contributed by atoms with van der Waals surface area (Å²) in [5.74, 6) is -1.17. The lowest BCUT2D eigenvalue weighted by atomic mass is 10.1. The van der Waals surface area contributed by atoms with Gasteiger partial charge in [-0.15, -0.1) is 0 Å². The quantitative estimate of drug-likeness (QED) is 0.561. The third-order valence-corrected chi connectivity index (χ3v) is 1.78. The number of rotatable bonds is 4. The Kier molecular flexibility index (Phi) is 5.93. The Morgan fingerprint density at radius 2 is 1.67 bits per heavy atom. The van der Waals surface area contributed by atoms with Crippen LogP contribution >= 0.6 is 0 Å². The van der Waals surface area contributed by atoms with Crippen molar-refractivity contribution in [2.75, 3.05) is 0 Å². The van der Waals surface area contributed by atoms with Gasteiger partial charge in [-0.05, 0) is 11.8 Å². The van der Waals surface area contributed by atoms with E-state index in [1.807, 2.05) is 13.8 Å². The monoisotopic (exact) mass is 217 g/mol. The first-order chi connectivity index (χ1) is 6.84. The first-order valence-electron chi connectivity index (χ1n) is 5.01. The molecule has 0 fully saturated rings. The molecule has 0 aliphatic heterocycles. The van der Waals surface area contributed by atoms with Gasteiger partial charge in [0.15, 0.2) is 0 Å². The molecule has 1 atom stereocenters. The van der Waals surface area contributed by atoms with Gasteiger partial charge in [-0.1, -0.05) is 27.7 Å². The topological polar surface area (TPSA) is 78.6 Å². The molecule has 0 aliphatic rings. The van der Waals surface area contributed by atoms with Crippen LogP contribution in [0.4, 0.5) is 0 Å². The van der Waals surface area contributed by atoms with Gasteiger partial charge in [-0.3, -0.25) is 0 Å². The molecular formula is C10H19NO4. The lowest BCUT2D eigenvalue weighted by Crippen LogP contribution is -2.37. The van der Waals surface area contributed by atoms with E-state index in [4.69, 9.17) is 5.73 Å². The predicted octanol–water partition coefficient (Wildman–Crippen LogP) is 1.02. The summed E-state index contributed by atoms with van der Waals surface area (Å²) in [4.78, 5) is 30.8. The highest BCUT2D eigenvalue weighted by molar-refractivity contribution is 5.77. The Labute approximate surface area is 89.8 Å². The average Bonchev–Trinajstić information content (AvgIpc) is 2.11. The van der Waals surface area contributed by atoms with E-state index >= 15 is 0 Å². The van der Waals surface area contributed by atoms with Crippen LogP contribution < -0.4 is 5.73 Å². The Morgan fingerprint density at radius 1 is 1.13 bits per heavy atom. The molecular weight excluding hydrogens is 198 g/mol. The fourth-order valence-electron chi connectivity index (χ4n) is 0.783. The summed E-state index contributed by atoms with van der Waals surface area (Å²) >= 11 is 0.